The lowest BCUT2D eigenvalue weighted by atomic mass is 10.1. The fourth-order valence-corrected chi connectivity index (χ4v) is 3.36. The van der Waals surface area contributed by atoms with Crippen LogP contribution in [0.4, 0.5) is 8.78 Å². The second kappa shape index (κ2) is 7.35. The predicted octanol–water partition coefficient (Wildman–Crippen LogP) is 4.01. The Hall–Kier alpha value is -3.33. The van der Waals surface area contributed by atoms with E-state index < -0.39 is 17.5 Å². The van der Waals surface area contributed by atoms with Gasteiger partial charge in [0.2, 0.25) is 5.89 Å². The van der Waals surface area contributed by atoms with Gasteiger partial charge in [0.15, 0.2) is 0 Å². The number of halogens is 2. The van der Waals surface area contributed by atoms with E-state index in [-0.39, 0.29) is 23.4 Å². The summed E-state index contributed by atoms with van der Waals surface area (Å²) in [5, 5.41) is 8.78. The summed E-state index contributed by atoms with van der Waals surface area (Å²) in [6.07, 6.45) is 2.95. The molecule has 0 atom stereocenters. The van der Waals surface area contributed by atoms with Crippen LogP contribution >= 0.6 is 11.3 Å². The average Bonchev–Trinajstić information content (AvgIpc) is 3.40. The lowest BCUT2D eigenvalue weighted by Gasteiger charge is -2.05. The number of benzene rings is 1. The Balaban J connectivity index is 1.53. The van der Waals surface area contributed by atoms with E-state index >= 15 is 0 Å². The molecule has 0 saturated heterocycles. The highest BCUT2D eigenvalue weighted by Crippen LogP contribution is 2.26. The van der Waals surface area contributed by atoms with Crippen LogP contribution in [0.5, 0.6) is 0 Å². The van der Waals surface area contributed by atoms with Crippen LogP contribution in [0.2, 0.25) is 0 Å². The van der Waals surface area contributed by atoms with Gasteiger partial charge in [0.05, 0.1) is 22.7 Å². The predicted molar refractivity (Wildman–Crippen MR) is 99.5 cm³/mol. The highest BCUT2D eigenvalue weighted by molar-refractivity contribution is 7.13. The van der Waals surface area contributed by atoms with Crippen LogP contribution in [0, 0.1) is 11.6 Å². The number of aryl methyl sites for hydroxylation is 1. The number of thiophene rings is 1. The first kappa shape index (κ1) is 18.1. The molecule has 0 saturated carbocycles. The van der Waals surface area contributed by atoms with Gasteiger partial charge in [0, 0.05) is 24.9 Å². The van der Waals surface area contributed by atoms with E-state index in [4.69, 9.17) is 4.42 Å². The first-order valence-electron chi connectivity index (χ1n) is 8.27. The molecule has 0 bridgehead atoms. The van der Waals surface area contributed by atoms with Crippen molar-refractivity contribution in [1.29, 1.82) is 0 Å². The van der Waals surface area contributed by atoms with E-state index in [0.29, 0.717) is 11.6 Å². The molecule has 0 aliphatic rings. The van der Waals surface area contributed by atoms with E-state index in [1.165, 1.54) is 34.5 Å². The minimum Gasteiger partial charge on any atom is -0.443 e. The second-order valence-electron chi connectivity index (χ2n) is 5.99. The minimum atomic E-state index is -0.787. The van der Waals surface area contributed by atoms with Crippen molar-refractivity contribution in [2.75, 3.05) is 0 Å². The lowest BCUT2D eigenvalue weighted by Crippen LogP contribution is -2.23. The molecule has 4 aromatic rings. The molecule has 0 unspecified atom stereocenters. The molecule has 3 heterocycles. The Morgan fingerprint density at radius 1 is 1.32 bits per heavy atom. The molecule has 6 nitrogen and oxygen atoms in total. The van der Waals surface area contributed by atoms with Gasteiger partial charge in [0.1, 0.15) is 23.6 Å². The van der Waals surface area contributed by atoms with Gasteiger partial charge >= 0.3 is 0 Å². The summed E-state index contributed by atoms with van der Waals surface area (Å²) in [5.41, 5.74) is 0.913. The molecule has 1 aromatic carbocycles. The van der Waals surface area contributed by atoms with Gasteiger partial charge in [0.25, 0.3) is 5.91 Å². The van der Waals surface area contributed by atoms with Crippen LogP contribution in [-0.2, 0) is 13.6 Å². The zero-order chi connectivity index (χ0) is 19.7. The fraction of sp³-hybridized carbons (Fsp3) is 0.105. The molecular weight excluding hydrogens is 386 g/mol. The van der Waals surface area contributed by atoms with Gasteiger partial charge in [-0.05, 0) is 23.6 Å². The van der Waals surface area contributed by atoms with Gasteiger partial charge in [-0.25, -0.2) is 13.8 Å². The Morgan fingerprint density at radius 3 is 2.93 bits per heavy atom. The summed E-state index contributed by atoms with van der Waals surface area (Å²) in [6.45, 7) is 0.133. The number of nitrogens with zero attached hydrogens (tertiary/aromatic N) is 3. The van der Waals surface area contributed by atoms with Crippen molar-refractivity contribution in [3.8, 4) is 22.0 Å². The third kappa shape index (κ3) is 3.56. The summed E-state index contributed by atoms with van der Waals surface area (Å²) in [5.74, 6) is -1.46. The zero-order valence-electron chi connectivity index (χ0n) is 14.6. The molecule has 0 aliphatic heterocycles. The Morgan fingerprint density at radius 2 is 2.18 bits per heavy atom. The number of carbonyl (C=O) groups excluding carboxylic acids is 1. The third-order valence-corrected chi connectivity index (χ3v) is 4.83. The summed E-state index contributed by atoms with van der Waals surface area (Å²) in [7, 11) is 1.62. The quantitative estimate of drug-likeness (QED) is 0.549. The summed E-state index contributed by atoms with van der Waals surface area (Å²) in [6, 6.07) is 6.92. The number of amides is 1. The van der Waals surface area contributed by atoms with Crippen molar-refractivity contribution in [3.63, 3.8) is 0 Å². The highest BCUT2D eigenvalue weighted by atomic mass is 32.1. The van der Waals surface area contributed by atoms with Gasteiger partial charge in [-0.3, -0.25) is 9.48 Å². The molecule has 1 N–H and O–H groups in total. The van der Waals surface area contributed by atoms with E-state index in [1.54, 1.807) is 7.05 Å². The standard InChI is InChI=1S/C19H14F2N4O2S/c1-25-9-14(17(24-25)13-5-4-11(20)7-15(13)21)18(26)22-8-12-10-27-19(23-12)16-3-2-6-28-16/h2-7,9-10H,8H2,1H3,(H,22,26). The molecule has 9 heteroatoms. The van der Waals surface area contributed by atoms with Gasteiger partial charge < -0.3 is 9.73 Å². The third-order valence-electron chi connectivity index (χ3n) is 3.97. The number of aromatic nitrogens is 3. The topological polar surface area (TPSA) is 73.0 Å². The molecule has 0 spiro atoms. The maximum atomic E-state index is 14.1. The zero-order valence-corrected chi connectivity index (χ0v) is 15.5. The Labute approximate surface area is 162 Å². The summed E-state index contributed by atoms with van der Waals surface area (Å²) >= 11 is 1.50. The molecule has 3 aromatic heterocycles. The van der Waals surface area contributed by atoms with Crippen molar-refractivity contribution in [2.24, 2.45) is 7.05 Å². The van der Waals surface area contributed by atoms with Crippen LogP contribution in [-0.4, -0.2) is 20.7 Å². The van der Waals surface area contributed by atoms with Crippen LogP contribution < -0.4 is 5.32 Å². The average molecular weight is 400 g/mol. The molecule has 0 radical (unpaired) electrons. The SMILES string of the molecule is Cn1cc(C(=O)NCc2coc(-c3cccs3)n2)c(-c2ccc(F)cc2F)n1. The molecule has 142 valence electrons. The maximum Gasteiger partial charge on any atom is 0.255 e. The normalized spacial score (nSPS) is 11.0. The number of oxazole rings is 1. The molecule has 0 aliphatic carbocycles. The van der Waals surface area contributed by atoms with Crippen LogP contribution in [0.3, 0.4) is 0 Å². The summed E-state index contributed by atoms with van der Waals surface area (Å²) < 4.78 is 34.1. The molecule has 0 fully saturated rings. The first-order chi connectivity index (χ1) is 13.5. The molecule has 1 amide bonds. The Bertz CT molecular complexity index is 1130. The number of rotatable bonds is 5. The second-order valence-corrected chi connectivity index (χ2v) is 6.94. The number of nitrogens with one attached hydrogen (secondary N) is 1. The van der Waals surface area contributed by atoms with E-state index in [9.17, 15) is 13.6 Å². The minimum absolute atomic E-state index is 0.0496. The van der Waals surface area contributed by atoms with Crippen molar-refractivity contribution in [3.05, 3.63) is 71.1 Å². The van der Waals surface area contributed by atoms with E-state index in [2.05, 4.69) is 15.4 Å². The lowest BCUT2D eigenvalue weighted by molar-refractivity contribution is 0.0951. The van der Waals surface area contributed by atoms with Crippen molar-refractivity contribution >= 4 is 17.2 Å². The van der Waals surface area contributed by atoms with Crippen LogP contribution in [0.15, 0.2) is 52.6 Å². The number of hydrogen-bond acceptors (Lipinski definition) is 5. The smallest absolute Gasteiger partial charge is 0.255 e. The fourth-order valence-electron chi connectivity index (χ4n) is 2.70. The maximum absolute atomic E-state index is 14.1. The largest absolute Gasteiger partial charge is 0.443 e. The van der Waals surface area contributed by atoms with Gasteiger partial charge in [-0.1, -0.05) is 6.07 Å². The number of carbonyl (C=O) groups is 1. The van der Waals surface area contributed by atoms with Crippen molar-refractivity contribution in [2.45, 2.75) is 6.54 Å². The van der Waals surface area contributed by atoms with E-state index in [1.807, 2.05) is 17.5 Å². The van der Waals surface area contributed by atoms with Crippen molar-refractivity contribution < 1.29 is 18.0 Å². The Kier molecular flexibility index (Phi) is 4.74. The van der Waals surface area contributed by atoms with Gasteiger partial charge in [-0.15, -0.1) is 11.3 Å². The molecule has 4 rings (SSSR count). The van der Waals surface area contributed by atoms with E-state index in [0.717, 1.165) is 17.0 Å². The van der Waals surface area contributed by atoms with Crippen LogP contribution in [0.1, 0.15) is 16.1 Å². The monoisotopic (exact) mass is 400 g/mol. The highest BCUT2D eigenvalue weighted by Gasteiger charge is 2.20. The first-order valence-corrected chi connectivity index (χ1v) is 9.15. The number of hydrogen-bond donors (Lipinski definition) is 1. The van der Waals surface area contributed by atoms with Gasteiger partial charge in [-0.2, -0.15) is 5.10 Å². The summed E-state index contributed by atoms with van der Waals surface area (Å²) in [4.78, 5) is 17.8. The van der Waals surface area contributed by atoms with Crippen LogP contribution in [0.25, 0.3) is 22.0 Å². The van der Waals surface area contributed by atoms with Crippen molar-refractivity contribution in [1.82, 2.24) is 20.1 Å². The molecule has 28 heavy (non-hydrogen) atoms. The molecular formula is C19H14F2N4O2S.